The Morgan fingerprint density at radius 2 is 0.743 bits per heavy atom. The van der Waals surface area contributed by atoms with Crippen LogP contribution in [-0.4, -0.2) is 40.0 Å². The predicted octanol–water partition coefficient (Wildman–Crippen LogP) is 39.1. The summed E-state index contributed by atoms with van der Waals surface area (Å²) in [6, 6.07) is 53.8. The zero-order valence-electron chi connectivity index (χ0n) is 94.2. The van der Waals surface area contributed by atoms with Gasteiger partial charge in [-0.15, -0.1) is 11.3 Å². The van der Waals surface area contributed by atoms with E-state index in [1.54, 1.807) is 80.0 Å². The molecule has 0 bridgehead atoms. The van der Waals surface area contributed by atoms with Crippen molar-refractivity contribution in [3.05, 3.63) is 390 Å². The molecule has 0 radical (unpaired) electrons. The Balaban J connectivity index is 0.000000546. The van der Waals surface area contributed by atoms with Gasteiger partial charge in [-0.2, -0.15) is 0 Å². The third kappa shape index (κ3) is 57.9. The fourth-order valence-electron chi connectivity index (χ4n) is 16.1. The molecule has 0 aliphatic carbocycles. The number of aliphatic hydroxyl groups is 2. The van der Waals surface area contributed by atoms with Gasteiger partial charge in [0.25, 0.3) is 0 Å². The molecule has 0 spiro atoms. The number of thiophene rings is 1. The molecule has 0 saturated heterocycles. The molecule has 13 rings (SSSR count). The van der Waals surface area contributed by atoms with Crippen LogP contribution < -0.4 is 4.74 Å². The lowest BCUT2D eigenvalue weighted by molar-refractivity contribution is 0.236. The highest BCUT2D eigenvalue weighted by Gasteiger charge is 2.25. The number of nitrogens with zero attached hydrogens (tertiary/aromatic N) is 2. The van der Waals surface area contributed by atoms with Gasteiger partial charge in [-0.05, 0) is 394 Å². The van der Waals surface area contributed by atoms with Gasteiger partial charge in [0.1, 0.15) is 58.1 Å². The molecule has 9 aromatic carbocycles. The van der Waals surface area contributed by atoms with Crippen LogP contribution in [0.25, 0.3) is 0 Å². The highest BCUT2D eigenvalue weighted by molar-refractivity contribution is 7.16. The molecule has 148 heavy (non-hydrogen) atoms. The first-order valence-electron chi connectivity index (χ1n) is 52.2. The molecule has 816 valence electrons. The molecule has 0 fully saturated rings. The summed E-state index contributed by atoms with van der Waals surface area (Å²) in [5.41, 5.74) is 17.2. The fraction of sp³-hybridized carbons (Fsp3) is 0.469. The number of hydrogen-bond donors (Lipinski definition) is 2. The van der Waals surface area contributed by atoms with Crippen LogP contribution in [0.3, 0.4) is 0 Å². The van der Waals surface area contributed by atoms with Crippen LogP contribution in [0.15, 0.2) is 207 Å². The number of hydrogen-bond acceptors (Lipinski definition) is 6. The third-order valence-electron chi connectivity index (χ3n) is 23.5. The van der Waals surface area contributed by atoms with E-state index in [0.717, 1.165) is 152 Å². The van der Waals surface area contributed by atoms with Crippen LogP contribution in [0, 0.1) is 183 Å². The van der Waals surface area contributed by atoms with Gasteiger partial charge in [0.2, 0.25) is 0 Å². The summed E-state index contributed by atoms with van der Waals surface area (Å²) in [6.07, 6.45) is 13.7. The van der Waals surface area contributed by atoms with E-state index < -0.39 is 23.3 Å². The summed E-state index contributed by atoms with van der Waals surface area (Å²) in [4.78, 5) is 9.11. The molecule has 4 heterocycles. The average Bonchev–Trinajstić information content (AvgIpc) is 0.984. The largest absolute Gasteiger partial charge is 0.493 e. The lowest BCUT2D eigenvalue weighted by Gasteiger charge is -2.28. The van der Waals surface area contributed by atoms with Crippen molar-refractivity contribution in [2.24, 2.45) is 71.0 Å². The van der Waals surface area contributed by atoms with Crippen molar-refractivity contribution in [3.63, 3.8) is 0 Å². The van der Waals surface area contributed by atoms with Gasteiger partial charge in [0.05, 0.1) is 36.0 Å². The van der Waals surface area contributed by atoms with E-state index >= 15 is 0 Å². The molecule has 0 amide bonds. The third-order valence-corrected chi connectivity index (χ3v) is 25.2. The molecular formula is C128H172Cl3F11N2O3S. The highest BCUT2D eigenvalue weighted by atomic mass is 35.5. The first-order chi connectivity index (χ1) is 69.1. The van der Waals surface area contributed by atoms with E-state index in [9.17, 15) is 58.5 Å². The standard InChI is InChI=1S/C12H16F2O.C12H15FO.C12H17FO.C11H15Cl.C11H14F2.2C11H15F.C11H16.C10H12ClF.C10H14FN.C9H12FN.C8H11ClS/c1-7(2)10(6-15)9-4-8(3)12(14)11(13)5-9;1-8(2)10-5-6-14-12-4-3-9(13)7-11(10)12;1-8(2)12(7-14)10-4-9(3)5-11(13)6-10;1-8(2)4-10-5-9(3)6-11(12)7-10;1-7(2)8(3)9-4-10(12)6-11(13)5-9;1-8(2)4-10-5-9(3)6-11(12)7-10;1-8(2)6-10-5-4-9(3)11(12)7-10;1-9(2)8-11-6-4-10(3)5-7-11;1-7(2)3-8-4-9(11)6-10(12)5-8;1-7(2)4-9-5-10(11)8(3)12-6-9;1-7(2)3-8-4-9(10)6-11-5-8;1-6(2)5-7-3-4-8(9)10-7/h4-5,7,10,15H,6H2,1-3H3;3-4,7-8,10H,5-6H2,1-2H3;4-6,8,12,14H,7H2,1-3H3;5-8H,4H2,1-3H3;4-8H,1-3H3;5-8H,4H2,1-3H3;4-5,7-8H,6H2,1-3H3;4-7,9H,8H2,1-3H3;4-7H,3H2,1-2H3;5-7H,4H2,1-3H3;4-7H,3H2,1-2H3;3-4,6H,5H2,1-2H3. The minimum atomic E-state index is -0.843. The molecule has 5 nitrogen and oxygen atoms in total. The number of ether oxygens (including phenoxy) is 1. The van der Waals surface area contributed by atoms with Crippen LogP contribution >= 0.6 is 46.1 Å². The van der Waals surface area contributed by atoms with Gasteiger partial charge >= 0.3 is 0 Å². The number of aryl methyl sites for hydroxylation is 7. The minimum absolute atomic E-state index is 0.0319. The van der Waals surface area contributed by atoms with Gasteiger partial charge < -0.3 is 14.9 Å². The predicted molar refractivity (Wildman–Crippen MR) is 607 cm³/mol. The maximum absolute atomic E-state index is 13.1. The minimum Gasteiger partial charge on any atom is -0.493 e. The monoisotopic (exact) mass is 2130 g/mol. The first-order valence-corrected chi connectivity index (χ1v) is 54.2. The molecule has 2 N–H and O–H groups in total. The van der Waals surface area contributed by atoms with E-state index in [2.05, 4.69) is 191 Å². The number of aromatic nitrogens is 2. The lowest BCUT2D eigenvalue weighted by Crippen LogP contribution is -2.18. The summed E-state index contributed by atoms with van der Waals surface area (Å²) in [7, 11) is 0. The maximum atomic E-state index is 13.1. The van der Waals surface area contributed by atoms with Crippen molar-refractivity contribution in [3.8, 4) is 5.75 Å². The second-order valence-corrected chi connectivity index (χ2v) is 46.4. The topological polar surface area (TPSA) is 75.5 Å². The average molecular weight is 2130 g/mol. The van der Waals surface area contributed by atoms with E-state index in [0.29, 0.717) is 75.5 Å². The molecular weight excluding hydrogens is 1960 g/mol. The normalized spacial score (nSPS) is 12.4. The Hall–Kier alpha value is -9.20. The molecule has 4 unspecified atom stereocenters. The number of benzene rings is 9. The van der Waals surface area contributed by atoms with Crippen molar-refractivity contribution in [2.75, 3.05) is 19.8 Å². The fourth-order valence-corrected chi connectivity index (χ4v) is 18.0. The molecule has 1 aliphatic rings. The Labute approximate surface area is 903 Å². The van der Waals surface area contributed by atoms with Gasteiger partial charge in [-0.1, -0.05) is 274 Å². The number of pyridine rings is 2. The summed E-state index contributed by atoms with van der Waals surface area (Å²) in [6.45, 7) is 66.6. The van der Waals surface area contributed by atoms with Crippen molar-refractivity contribution >= 4 is 46.1 Å². The number of aliphatic hydroxyl groups excluding tert-OH is 2. The number of fused-ring (bicyclic) bond motifs is 1. The van der Waals surface area contributed by atoms with Crippen LogP contribution in [0.5, 0.6) is 5.75 Å². The Bertz CT molecular complexity index is 5460. The van der Waals surface area contributed by atoms with E-state index in [4.69, 9.17) is 39.5 Å². The zero-order chi connectivity index (χ0) is 112. The summed E-state index contributed by atoms with van der Waals surface area (Å²) < 4.78 is 149. The smallest absolute Gasteiger partial charge is 0.161 e. The molecule has 20 heteroatoms. The summed E-state index contributed by atoms with van der Waals surface area (Å²) >= 11 is 19.1. The maximum Gasteiger partial charge on any atom is 0.161 e. The van der Waals surface area contributed by atoms with Crippen molar-refractivity contribution < 1.29 is 63.2 Å². The quantitative estimate of drug-likeness (QED) is 0.0558. The Morgan fingerprint density at radius 3 is 1.18 bits per heavy atom. The molecule has 1 aliphatic heterocycles. The Morgan fingerprint density at radius 1 is 0.324 bits per heavy atom. The number of halogens is 14. The van der Waals surface area contributed by atoms with Crippen LogP contribution in [-0.2, 0) is 51.4 Å². The van der Waals surface area contributed by atoms with Crippen LogP contribution in [0.2, 0.25) is 14.4 Å². The van der Waals surface area contributed by atoms with Crippen LogP contribution in [0.4, 0.5) is 48.3 Å². The van der Waals surface area contributed by atoms with Crippen LogP contribution in [0.1, 0.15) is 308 Å². The molecule has 12 aromatic rings. The second-order valence-electron chi connectivity index (χ2n) is 43.7. The van der Waals surface area contributed by atoms with Gasteiger partial charge in [-0.25, -0.2) is 48.3 Å². The Kier molecular flexibility index (Phi) is 64.5. The summed E-state index contributed by atoms with van der Waals surface area (Å²) in [5.74, 6) is 3.88. The first kappa shape index (κ1) is 135. The SMILES string of the molecule is CC(C)C(C)c1cc(F)cc(F)c1.CC(C)C1CCOc2ccc(F)cc21.CC(C)Cc1cc(F)cc(Cl)c1.CC(C)Cc1ccc(Cl)s1.CC(C)Cc1cncc(F)c1.Cc1cc(C(CO)C(C)C)cc(F)c1F.Cc1cc(Cl)cc(CC(C)C)c1.Cc1cc(F)cc(C(CO)C(C)C)c1.Cc1cc(F)cc(CC(C)C)c1.Cc1ccc(CC(C)C)cc1.Cc1ccc(CC(C)C)cc1F.Cc1ncc(CC(C)C)cc1F. The molecule has 4 atom stereocenters. The summed E-state index contributed by atoms with van der Waals surface area (Å²) in [5, 5.41) is 19.7. The van der Waals surface area contributed by atoms with Gasteiger partial charge in [0.15, 0.2) is 11.6 Å². The number of rotatable bonds is 25. The van der Waals surface area contributed by atoms with E-state index in [-0.39, 0.29) is 83.2 Å². The van der Waals surface area contributed by atoms with Crippen molar-refractivity contribution in [2.45, 2.75) is 303 Å². The van der Waals surface area contributed by atoms with E-state index in [1.807, 2.05) is 105 Å². The highest BCUT2D eigenvalue weighted by Crippen LogP contribution is 2.39. The molecule has 0 saturated carbocycles. The van der Waals surface area contributed by atoms with Crippen molar-refractivity contribution in [1.82, 2.24) is 9.97 Å². The van der Waals surface area contributed by atoms with E-state index in [1.165, 1.54) is 101 Å². The van der Waals surface area contributed by atoms with Gasteiger partial charge in [-0.3, -0.25) is 9.97 Å². The van der Waals surface area contributed by atoms with Crippen molar-refractivity contribution in [1.29, 1.82) is 0 Å². The zero-order valence-corrected chi connectivity index (χ0v) is 97.3. The lowest BCUT2D eigenvalue weighted by atomic mass is 9.84. The molecule has 3 aromatic heterocycles. The second kappa shape index (κ2) is 70.8. The van der Waals surface area contributed by atoms with Gasteiger partial charge in [0, 0.05) is 50.8 Å².